The van der Waals surface area contributed by atoms with Crippen LogP contribution in [0.2, 0.25) is 5.02 Å². The van der Waals surface area contributed by atoms with Crippen LogP contribution in [0, 0.1) is 11.8 Å². The van der Waals surface area contributed by atoms with Crippen LogP contribution in [0.15, 0.2) is 18.2 Å². The molecule has 0 radical (unpaired) electrons. The Kier molecular flexibility index (Phi) is 7.48. The molecule has 0 spiro atoms. The molecule has 0 atom stereocenters. The topological polar surface area (TPSA) is 24.5 Å². The molecule has 1 N–H and O–H groups in total. The molecule has 1 aliphatic carbocycles. The van der Waals surface area contributed by atoms with E-state index in [0.717, 1.165) is 42.3 Å². The van der Waals surface area contributed by atoms with Gasteiger partial charge in [-0.2, -0.15) is 0 Å². The highest BCUT2D eigenvalue weighted by Gasteiger charge is 2.23. The average Bonchev–Trinajstić information content (AvgIpc) is 3.33. The van der Waals surface area contributed by atoms with Crippen LogP contribution >= 0.6 is 24.0 Å². The molecule has 3 nitrogen and oxygen atoms in total. The third kappa shape index (κ3) is 5.82. The highest BCUT2D eigenvalue weighted by atomic mass is 35.5. The maximum Gasteiger partial charge on any atom is 0.123 e. The number of nitrogens with zero attached hydrogens (tertiary/aromatic N) is 1. The van der Waals surface area contributed by atoms with E-state index in [0.29, 0.717) is 0 Å². The normalized spacial score (nSPS) is 19.4. The molecule has 2 aliphatic rings. The van der Waals surface area contributed by atoms with E-state index >= 15 is 0 Å². The van der Waals surface area contributed by atoms with Crippen molar-refractivity contribution in [2.45, 2.75) is 32.2 Å². The smallest absolute Gasteiger partial charge is 0.123 e. The summed E-state index contributed by atoms with van der Waals surface area (Å²) in [6.07, 6.45) is 5.20. The van der Waals surface area contributed by atoms with Crippen LogP contribution in [0.5, 0.6) is 5.75 Å². The van der Waals surface area contributed by atoms with Gasteiger partial charge >= 0.3 is 0 Å². The van der Waals surface area contributed by atoms with Gasteiger partial charge in [-0.1, -0.05) is 11.6 Å². The van der Waals surface area contributed by atoms with Gasteiger partial charge in [-0.25, -0.2) is 0 Å². The van der Waals surface area contributed by atoms with E-state index in [2.05, 4.69) is 16.3 Å². The molecule has 1 aliphatic heterocycles. The number of benzene rings is 1. The van der Waals surface area contributed by atoms with Crippen molar-refractivity contribution in [3.05, 3.63) is 28.8 Å². The summed E-state index contributed by atoms with van der Waals surface area (Å²) < 4.78 is 6.02. The molecular formula is C18H28Cl2N2O. The number of likely N-dealkylation sites (tertiary alicyclic amines) is 1. The Balaban J connectivity index is 0.00000192. The summed E-state index contributed by atoms with van der Waals surface area (Å²) in [4.78, 5) is 2.53. The SMILES string of the molecule is CNCC1CCN(Cc2cc(Cl)ccc2OCC2CC2)CC1.Cl. The molecular weight excluding hydrogens is 331 g/mol. The molecule has 0 unspecified atom stereocenters. The minimum Gasteiger partial charge on any atom is -0.493 e. The van der Waals surface area contributed by atoms with Crippen molar-refractivity contribution in [3.8, 4) is 5.75 Å². The number of hydrogen-bond donors (Lipinski definition) is 1. The first kappa shape index (κ1) is 18.9. The molecule has 5 heteroatoms. The van der Waals surface area contributed by atoms with E-state index in [4.69, 9.17) is 16.3 Å². The summed E-state index contributed by atoms with van der Waals surface area (Å²) in [6.45, 7) is 5.29. The van der Waals surface area contributed by atoms with Crippen molar-refractivity contribution in [2.75, 3.05) is 33.3 Å². The minimum atomic E-state index is 0. The average molecular weight is 359 g/mol. The second-order valence-electron chi connectivity index (χ2n) is 6.78. The molecule has 3 rings (SSSR count). The van der Waals surface area contributed by atoms with Crippen molar-refractivity contribution in [2.24, 2.45) is 11.8 Å². The second kappa shape index (κ2) is 9.12. The molecule has 0 amide bonds. The van der Waals surface area contributed by atoms with Gasteiger partial charge in [0.1, 0.15) is 5.75 Å². The molecule has 0 aromatic heterocycles. The van der Waals surface area contributed by atoms with Gasteiger partial charge in [0.25, 0.3) is 0 Å². The number of nitrogens with one attached hydrogen (secondary N) is 1. The molecule has 0 bridgehead atoms. The fraction of sp³-hybridized carbons (Fsp3) is 0.667. The van der Waals surface area contributed by atoms with Gasteiger partial charge in [-0.3, -0.25) is 4.90 Å². The monoisotopic (exact) mass is 358 g/mol. The first-order valence-electron chi connectivity index (χ1n) is 8.53. The number of hydrogen-bond acceptors (Lipinski definition) is 3. The summed E-state index contributed by atoms with van der Waals surface area (Å²) in [7, 11) is 2.04. The third-order valence-electron chi connectivity index (χ3n) is 4.79. The highest BCUT2D eigenvalue weighted by Crippen LogP contribution is 2.32. The van der Waals surface area contributed by atoms with Crippen molar-refractivity contribution in [1.82, 2.24) is 10.2 Å². The van der Waals surface area contributed by atoms with E-state index in [1.54, 1.807) is 0 Å². The van der Waals surface area contributed by atoms with Crippen LogP contribution < -0.4 is 10.1 Å². The molecule has 1 aromatic rings. The van der Waals surface area contributed by atoms with Gasteiger partial charge in [0.15, 0.2) is 0 Å². The molecule has 130 valence electrons. The third-order valence-corrected chi connectivity index (χ3v) is 5.02. The summed E-state index contributed by atoms with van der Waals surface area (Å²) in [5.74, 6) is 2.63. The Labute approximate surface area is 151 Å². The van der Waals surface area contributed by atoms with Gasteiger partial charge in [0.2, 0.25) is 0 Å². The largest absolute Gasteiger partial charge is 0.493 e. The van der Waals surface area contributed by atoms with E-state index in [1.165, 1.54) is 44.3 Å². The second-order valence-corrected chi connectivity index (χ2v) is 7.22. The summed E-state index contributed by atoms with van der Waals surface area (Å²) in [5, 5.41) is 4.10. The standard InChI is InChI=1S/C18H27ClN2O.ClH/c1-20-11-14-6-8-21(9-7-14)12-16-10-17(19)4-5-18(16)22-13-15-2-3-15;/h4-5,10,14-15,20H,2-3,6-9,11-13H2,1H3;1H. The van der Waals surface area contributed by atoms with E-state index in [9.17, 15) is 0 Å². The van der Waals surface area contributed by atoms with Crippen LogP contribution in [0.25, 0.3) is 0 Å². The van der Waals surface area contributed by atoms with Gasteiger partial charge in [-0.15, -0.1) is 12.4 Å². The Hall–Kier alpha value is -0.480. The van der Waals surface area contributed by atoms with Crippen LogP contribution in [0.1, 0.15) is 31.2 Å². The lowest BCUT2D eigenvalue weighted by Crippen LogP contribution is -2.36. The van der Waals surface area contributed by atoms with Gasteiger partial charge in [0, 0.05) is 17.1 Å². The van der Waals surface area contributed by atoms with Crippen molar-refractivity contribution < 1.29 is 4.74 Å². The van der Waals surface area contributed by atoms with Crippen LogP contribution in [-0.2, 0) is 6.54 Å². The zero-order valence-corrected chi connectivity index (χ0v) is 15.5. The van der Waals surface area contributed by atoms with Gasteiger partial charge < -0.3 is 10.1 Å². The minimum absolute atomic E-state index is 0. The number of halogens is 2. The maximum absolute atomic E-state index is 6.19. The van der Waals surface area contributed by atoms with Crippen molar-refractivity contribution in [3.63, 3.8) is 0 Å². The zero-order valence-electron chi connectivity index (χ0n) is 13.9. The van der Waals surface area contributed by atoms with E-state index < -0.39 is 0 Å². The molecule has 1 saturated carbocycles. The van der Waals surface area contributed by atoms with Gasteiger partial charge in [-0.05, 0) is 82.4 Å². The fourth-order valence-corrected chi connectivity index (χ4v) is 3.38. The molecule has 1 heterocycles. The lowest BCUT2D eigenvalue weighted by Gasteiger charge is -2.32. The number of ether oxygens (including phenoxy) is 1. The first-order chi connectivity index (χ1) is 10.7. The fourth-order valence-electron chi connectivity index (χ4n) is 3.18. The Morgan fingerprint density at radius 2 is 1.91 bits per heavy atom. The Morgan fingerprint density at radius 3 is 2.57 bits per heavy atom. The highest BCUT2D eigenvalue weighted by molar-refractivity contribution is 6.30. The van der Waals surface area contributed by atoms with E-state index in [-0.39, 0.29) is 12.4 Å². The predicted molar refractivity (Wildman–Crippen MR) is 98.8 cm³/mol. The lowest BCUT2D eigenvalue weighted by atomic mass is 9.96. The van der Waals surface area contributed by atoms with E-state index in [1.807, 2.05) is 19.2 Å². The summed E-state index contributed by atoms with van der Waals surface area (Å²) in [6, 6.07) is 6.05. The summed E-state index contributed by atoms with van der Waals surface area (Å²) in [5.41, 5.74) is 1.24. The van der Waals surface area contributed by atoms with Gasteiger partial charge in [0.05, 0.1) is 6.61 Å². The number of piperidine rings is 1. The van der Waals surface area contributed by atoms with Crippen molar-refractivity contribution >= 4 is 24.0 Å². The lowest BCUT2D eigenvalue weighted by molar-refractivity contribution is 0.174. The quantitative estimate of drug-likeness (QED) is 0.797. The van der Waals surface area contributed by atoms with Crippen LogP contribution in [-0.4, -0.2) is 38.2 Å². The molecule has 23 heavy (non-hydrogen) atoms. The Morgan fingerprint density at radius 1 is 1.17 bits per heavy atom. The Bertz CT molecular complexity index is 486. The maximum atomic E-state index is 6.19. The van der Waals surface area contributed by atoms with Crippen molar-refractivity contribution in [1.29, 1.82) is 0 Å². The number of rotatable bonds is 7. The van der Waals surface area contributed by atoms with Crippen LogP contribution in [0.4, 0.5) is 0 Å². The van der Waals surface area contributed by atoms with Crippen LogP contribution in [0.3, 0.4) is 0 Å². The summed E-state index contributed by atoms with van der Waals surface area (Å²) >= 11 is 6.19. The first-order valence-corrected chi connectivity index (χ1v) is 8.90. The molecule has 2 fully saturated rings. The predicted octanol–water partition coefficient (Wildman–Crippen LogP) is 3.98. The zero-order chi connectivity index (χ0) is 15.4. The molecule has 1 aromatic carbocycles. The molecule has 1 saturated heterocycles.